The Morgan fingerprint density at radius 3 is 2.39 bits per heavy atom. The van der Waals surface area contributed by atoms with Gasteiger partial charge in [-0.3, -0.25) is 14.9 Å². The maximum atomic E-state index is 11.5. The first kappa shape index (κ1) is 13.5. The molecule has 5 nitrogen and oxygen atoms in total. The Bertz CT molecular complexity index is 491. The number of non-ortho nitro benzene ring substituents is 1. The molecule has 1 aliphatic carbocycles. The fourth-order valence-electron chi connectivity index (χ4n) is 1.46. The lowest BCUT2D eigenvalue weighted by atomic mass is 10.3. The first-order valence-electron chi connectivity index (χ1n) is 5.28. The number of ether oxygens (including phenoxy) is 1. The minimum absolute atomic E-state index is 0.000320. The van der Waals surface area contributed by atoms with Gasteiger partial charge in [-0.2, -0.15) is 0 Å². The fourth-order valence-corrected chi connectivity index (χ4v) is 2.85. The van der Waals surface area contributed by atoms with Crippen LogP contribution in [0.2, 0.25) is 0 Å². The molecule has 0 spiro atoms. The van der Waals surface area contributed by atoms with Crippen molar-refractivity contribution in [3.05, 3.63) is 31.2 Å². The number of hydrogen-bond acceptors (Lipinski definition) is 4. The number of carbonyl (C=O) groups excluding carboxylic acids is 1. The zero-order valence-corrected chi connectivity index (χ0v) is 12.4. The summed E-state index contributed by atoms with van der Waals surface area (Å²) in [5, 5.41) is 10.6. The van der Waals surface area contributed by atoms with Gasteiger partial charge in [0.25, 0.3) is 5.69 Å². The Hall–Kier alpha value is -0.950. The number of nitro benzene ring substituents is 1. The molecule has 0 aliphatic heterocycles. The van der Waals surface area contributed by atoms with Crippen LogP contribution in [0.3, 0.4) is 0 Å². The normalized spacial score (nSPS) is 14.3. The Kier molecular flexibility index (Phi) is 4.01. The second kappa shape index (κ2) is 5.36. The predicted molar refractivity (Wildman–Crippen MR) is 71.7 cm³/mol. The molecular formula is C11H9Br2NO4. The summed E-state index contributed by atoms with van der Waals surface area (Å²) < 4.78 is 6.30. The molecule has 96 valence electrons. The van der Waals surface area contributed by atoms with E-state index in [2.05, 4.69) is 31.9 Å². The molecule has 0 heterocycles. The van der Waals surface area contributed by atoms with Crippen LogP contribution in [0.4, 0.5) is 5.69 Å². The zero-order chi connectivity index (χ0) is 13.3. The van der Waals surface area contributed by atoms with E-state index in [-0.39, 0.29) is 24.0 Å². The average molecular weight is 379 g/mol. The smallest absolute Gasteiger partial charge is 0.271 e. The highest BCUT2D eigenvalue weighted by Gasteiger charge is 2.30. The van der Waals surface area contributed by atoms with Gasteiger partial charge in [-0.15, -0.1) is 0 Å². The molecule has 0 amide bonds. The van der Waals surface area contributed by atoms with Gasteiger partial charge >= 0.3 is 0 Å². The first-order chi connectivity index (χ1) is 8.49. The van der Waals surface area contributed by atoms with E-state index in [1.165, 1.54) is 12.1 Å². The van der Waals surface area contributed by atoms with E-state index < -0.39 is 4.92 Å². The maximum Gasteiger partial charge on any atom is 0.271 e. The summed E-state index contributed by atoms with van der Waals surface area (Å²) in [7, 11) is 0. The van der Waals surface area contributed by atoms with Crippen molar-refractivity contribution in [2.45, 2.75) is 12.8 Å². The van der Waals surface area contributed by atoms with Crippen molar-refractivity contribution in [1.29, 1.82) is 0 Å². The molecule has 0 N–H and O–H groups in total. The molecule has 0 bridgehead atoms. The highest BCUT2D eigenvalue weighted by molar-refractivity contribution is 9.11. The molecule has 1 aromatic carbocycles. The third kappa shape index (κ3) is 3.08. The summed E-state index contributed by atoms with van der Waals surface area (Å²) in [5.74, 6) is 0.627. The lowest BCUT2D eigenvalue weighted by molar-refractivity contribution is -0.385. The van der Waals surface area contributed by atoms with Crippen LogP contribution in [-0.4, -0.2) is 17.3 Å². The number of ketones is 1. The number of nitro groups is 1. The third-order valence-electron chi connectivity index (χ3n) is 2.59. The SMILES string of the molecule is O=C(COc1c(Br)cc([N+](=O)[O-])cc1Br)C1CC1. The van der Waals surface area contributed by atoms with Gasteiger partial charge in [0.2, 0.25) is 0 Å². The monoisotopic (exact) mass is 377 g/mol. The van der Waals surface area contributed by atoms with Gasteiger partial charge in [0.05, 0.1) is 13.9 Å². The van der Waals surface area contributed by atoms with Gasteiger partial charge in [0.1, 0.15) is 12.4 Å². The summed E-state index contributed by atoms with van der Waals surface area (Å²) in [6.07, 6.45) is 1.87. The topological polar surface area (TPSA) is 69.4 Å². The summed E-state index contributed by atoms with van der Waals surface area (Å²) in [5.41, 5.74) is -0.0466. The van der Waals surface area contributed by atoms with E-state index in [0.29, 0.717) is 14.7 Å². The van der Waals surface area contributed by atoms with Crippen LogP contribution in [-0.2, 0) is 4.79 Å². The van der Waals surface area contributed by atoms with E-state index in [9.17, 15) is 14.9 Å². The Balaban J connectivity index is 2.12. The first-order valence-corrected chi connectivity index (χ1v) is 6.86. The van der Waals surface area contributed by atoms with Gasteiger partial charge in [0, 0.05) is 18.1 Å². The Morgan fingerprint density at radius 1 is 1.39 bits per heavy atom. The molecule has 0 atom stereocenters. The van der Waals surface area contributed by atoms with E-state index in [4.69, 9.17) is 4.74 Å². The van der Waals surface area contributed by atoms with Crippen LogP contribution in [0.1, 0.15) is 12.8 Å². The molecule has 1 saturated carbocycles. The zero-order valence-electron chi connectivity index (χ0n) is 9.19. The number of hydrogen-bond donors (Lipinski definition) is 0. The lowest BCUT2D eigenvalue weighted by Gasteiger charge is -2.09. The quantitative estimate of drug-likeness (QED) is 0.581. The van der Waals surface area contributed by atoms with Crippen molar-refractivity contribution in [3.8, 4) is 5.75 Å². The number of Topliss-reactive ketones (excluding diaryl/α,β-unsaturated/α-hetero) is 1. The highest BCUT2D eigenvalue weighted by atomic mass is 79.9. The van der Waals surface area contributed by atoms with Crippen molar-refractivity contribution >= 4 is 43.3 Å². The standard InChI is InChI=1S/C11H9Br2NO4/c12-8-3-7(14(16)17)4-9(13)11(8)18-5-10(15)6-1-2-6/h3-4,6H,1-2,5H2. The lowest BCUT2D eigenvalue weighted by Crippen LogP contribution is -2.13. The third-order valence-corrected chi connectivity index (χ3v) is 3.76. The summed E-state index contributed by atoms with van der Waals surface area (Å²) in [6.45, 7) is -0.000320. The van der Waals surface area contributed by atoms with Crippen molar-refractivity contribution in [3.63, 3.8) is 0 Å². The minimum atomic E-state index is -0.491. The maximum absolute atomic E-state index is 11.5. The Morgan fingerprint density at radius 2 is 1.94 bits per heavy atom. The molecule has 1 aromatic rings. The summed E-state index contributed by atoms with van der Waals surface area (Å²) in [4.78, 5) is 21.7. The largest absolute Gasteiger partial charge is 0.483 e. The number of nitrogens with zero attached hydrogens (tertiary/aromatic N) is 1. The second-order valence-corrected chi connectivity index (χ2v) is 5.73. The van der Waals surface area contributed by atoms with Gasteiger partial charge in [-0.05, 0) is 44.7 Å². The predicted octanol–water partition coefficient (Wildman–Crippen LogP) is 3.48. The van der Waals surface area contributed by atoms with Gasteiger partial charge in [-0.25, -0.2) is 0 Å². The molecule has 0 aromatic heterocycles. The van der Waals surface area contributed by atoms with Crippen LogP contribution in [0.15, 0.2) is 21.1 Å². The van der Waals surface area contributed by atoms with Gasteiger partial charge < -0.3 is 4.74 Å². The second-order valence-electron chi connectivity index (χ2n) is 4.02. The van der Waals surface area contributed by atoms with E-state index in [1.54, 1.807) is 0 Å². The van der Waals surface area contributed by atoms with Gasteiger partial charge in [0.15, 0.2) is 5.78 Å². The van der Waals surface area contributed by atoms with Crippen LogP contribution >= 0.6 is 31.9 Å². The van der Waals surface area contributed by atoms with Crippen molar-refractivity contribution in [1.82, 2.24) is 0 Å². The van der Waals surface area contributed by atoms with Crippen molar-refractivity contribution < 1.29 is 14.5 Å². The molecule has 2 rings (SSSR count). The van der Waals surface area contributed by atoms with E-state index >= 15 is 0 Å². The van der Waals surface area contributed by atoms with Crippen LogP contribution in [0.5, 0.6) is 5.75 Å². The number of benzene rings is 1. The molecule has 1 fully saturated rings. The van der Waals surface area contributed by atoms with Gasteiger partial charge in [-0.1, -0.05) is 0 Å². The summed E-state index contributed by atoms with van der Waals surface area (Å²) in [6, 6.07) is 2.70. The molecule has 1 aliphatic rings. The van der Waals surface area contributed by atoms with Crippen molar-refractivity contribution in [2.24, 2.45) is 5.92 Å². The molecule has 0 saturated heterocycles. The minimum Gasteiger partial charge on any atom is -0.483 e. The average Bonchev–Trinajstić information content (AvgIpc) is 3.10. The number of carbonyl (C=O) groups is 1. The van der Waals surface area contributed by atoms with Crippen LogP contribution < -0.4 is 4.74 Å². The highest BCUT2D eigenvalue weighted by Crippen LogP contribution is 2.37. The molecule has 0 radical (unpaired) electrons. The number of rotatable bonds is 5. The Labute approximate surface area is 120 Å². The van der Waals surface area contributed by atoms with Crippen LogP contribution in [0.25, 0.3) is 0 Å². The van der Waals surface area contributed by atoms with E-state index in [0.717, 1.165) is 12.8 Å². The molecule has 0 unspecified atom stereocenters. The molecule has 18 heavy (non-hydrogen) atoms. The molecule has 7 heteroatoms. The number of halogens is 2. The van der Waals surface area contributed by atoms with E-state index in [1.807, 2.05) is 0 Å². The van der Waals surface area contributed by atoms with Crippen molar-refractivity contribution in [2.75, 3.05) is 6.61 Å². The fraction of sp³-hybridized carbons (Fsp3) is 0.364. The molecular weight excluding hydrogens is 370 g/mol. The summed E-state index contributed by atoms with van der Waals surface area (Å²) >= 11 is 6.40. The van der Waals surface area contributed by atoms with Crippen LogP contribution in [0, 0.1) is 16.0 Å².